The average molecular weight is 352 g/mol. The number of halogens is 1. The fourth-order valence-electron chi connectivity index (χ4n) is 2.57. The summed E-state index contributed by atoms with van der Waals surface area (Å²) in [7, 11) is 0. The summed E-state index contributed by atoms with van der Waals surface area (Å²) in [6, 6.07) is 10.3. The van der Waals surface area contributed by atoms with Crippen molar-refractivity contribution >= 4 is 22.6 Å². The largest absolute Gasteiger partial charge is 0.309 e. The highest BCUT2D eigenvalue weighted by Crippen LogP contribution is 2.47. The van der Waals surface area contributed by atoms with Crippen molar-refractivity contribution in [2.75, 3.05) is 0 Å². The van der Waals surface area contributed by atoms with Crippen molar-refractivity contribution in [1.29, 1.82) is 0 Å². The monoisotopic (exact) mass is 352 g/mol. The molecule has 0 radical (unpaired) electrons. The molecule has 1 N–H and O–H groups in total. The van der Waals surface area contributed by atoms with Crippen molar-refractivity contribution in [1.82, 2.24) is 9.97 Å². The maximum Gasteiger partial charge on any atom is 0.264 e. The Hall–Kier alpha value is -1.17. The van der Waals surface area contributed by atoms with Crippen molar-refractivity contribution in [2.45, 2.75) is 24.7 Å². The SMILES string of the molecule is O=c1[nH]c(C2(c3ccccc3)CCC2)ncc1I. The zero-order valence-corrected chi connectivity index (χ0v) is 12.0. The lowest BCUT2D eigenvalue weighted by atomic mass is 9.64. The van der Waals surface area contributed by atoms with Gasteiger partial charge in [0.2, 0.25) is 0 Å². The van der Waals surface area contributed by atoms with Crippen LogP contribution in [0.15, 0.2) is 41.3 Å². The molecule has 0 atom stereocenters. The predicted octanol–water partition coefficient (Wildman–Crippen LogP) is 2.84. The maximum absolute atomic E-state index is 11.8. The molecule has 92 valence electrons. The van der Waals surface area contributed by atoms with E-state index in [2.05, 4.69) is 22.1 Å². The molecule has 2 aromatic rings. The van der Waals surface area contributed by atoms with Gasteiger partial charge >= 0.3 is 0 Å². The van der Waals surface area contributed by atoms with E-state index in [1.807, 2.05) is 40.8 Å². The molecule has 1 aliphatic carbocycles. The highest BCUT2D eigenvalue weighted by atomic mass is 127. The van der Waals surface area contributed by atoms with E-state index in [1.54, 1.807) is 6.20 Å². The van der Waals surface area contributed by atoms with Crippen molar-refractivity contribution in [3.8, 4) is 0 Å². The van der Waals surface area contributed by atoms with E-state index in [-0.39, 0.29) is 11.0 Å². The molecule has 0 bridgehead atoms. The van der Waals surface area contributed by atoms with E-state index in [9.17, 15) is 4.79 Å². The Labute approximate surface area is 119 Å². The van der Waals surface area contributed by atoms with Crippen LogP contribution in [0.4, 0.5) is 0 Å². The van der Waals surface area contributed by atoms with Gasteiger partial charge in [0.1, 0.15) is 5.82 Å². The highest BCUT2D eigenvalue weighted by molar-refractivity contribution is 14.1. The zero-order valence-electron chi connectivity index (χ0n) is 9.82. The van der Waals surface area contributed by atoms with E-state index < -0.39 is 0 Å². The van der Waals surface area contributed by atoms with Crippen LogP contribution in [-0.4, -0.2) is 9.97 Å². The molecule has 1 saturated carbocycles. The molecule has 3 nitrogen and oxygen atoms in total. The smallest absolute Gasteiger partial charge is 0.264 e. The number of nitrogens with one attached hydrogen (secondary N) is 1. The van der Waals surface area contributed by atoms with Gasteiger partial charge in [0.25, 0.3) is 5.56 Å². The van der Waals surface area contributed by atoms with Crippen LogP contribution < -0.4 is 5.56 Å². The number of benzene rings is 1. The second-order valence-electron chi connectivity index (χ2n) is 4.71. The first-order valence-corrected chi connectivity index (χ1v) is 7.11. The van der Waals surface area contributed by atoms with Crippen molar-refractivity contribution in [2.24, 2.45) is 0 Å². The lowest BCUT2D eigenvalue weighted by Gasteiger charge is -2.41. The fourth-order valence-corrected chi connectivity index (χ4v) is 2.85. The van der Waals surface area contributed by atoms with E-state index in [1.165, 1.54) is 12.0 Å². The molecule has 1 fully saturated rings. The first-order chi connectivity index (χ1) is 8.72. The Morgan fingerprint density at radius 3 is 2.50 bits per heavy atom. The molecule has 0 amide bonds. The summed E-state index contributed by atoms with van der Waals surface area (Å²) in [5.74, 6) is 0.811. The van der Waals surface area contributed by atoms with Crippen LogP contribution in [0.3, 0.4) is 0 Å². The van der Waals surface area contributed by atoms with Crippen LogP contribution in [0.1, 0.15) is 30.7 Å². The van der Waals surface area contributed by atoms with Gasteiger partial charge in [-0.2, -0.15) is 0 Å². The summed E-state index contributed by atoms with van der Waals surface area (Å²) in [6.07, 6.45) is 4.96. The molecular formula is C14H13IN2O. The number of hydrogen-bond donors (Lipinski definition) is 1. The number of H-pyrrole nitrogens is 1. The normalized spacial score (nSPS) is 17.2. The Balaban J connectivity index is 2.12. The molecule has 0 aliphatic heterocycles. The molecule has 1 aliphatic rings. The number of aromatic amines is 1. The summed E-state index contributed by atoms with van der Waals surface area (Å²) >= 11 is 2.01. The fraction of sp³-hybridized carbons (Fsp3) is 0.286. The third-order valence-corrected chi connectivity index (χ3v) is 4.51. The molecule has 0 spiro atoms. The number of rotatable bonds is 2. The van der Waals surface area contributed by atoms with Crippen LogP contribution in [0.2, 0.25) is 0 Å². The Kier molecular flexibility index (Phi) is 2.97. The number of aromatic nitrogens is 2. The zero-order chi connectivity index (χ0) is 12.6. The van der Waals surface area contributed by atoms with Gasteiger partial charge in [-0.05, 0) is 41.0 Å². The third kappa shape index (κ3) is 1.79. The van der Waals surface area contributed by atoms with Gasteiger partial charge in [-0.1, -0.05) is 36.8 Å². The van der Waals surface area contributed by atoms with E-state index in [4.69, 9.17) is 0 Å². The second kappa shape index (κ2) is 4.50. The van der Waals surface area contributed by atoms with Gasteiger partial charge in [-0.15, -0.1) is 0 Å². The topological polar surface area (TPSA) is 45.8 Å². The molecule has 0 saturated heterocycles. The van der Waals surface area contributed by atoms with Crippen LogP contribution in [0.25, 0.3) is 0 Å². The molecule has 3 rings (SSSR count). The molecule has 4 heteroatoms. The lowest BCUT2D eigenvalue weighted by Crippen LogP contribution is -2.39. The maximum atomic E-state index is 11.8. The predicted molar refractivity (Wildman–Crippen MR) is 78.6 cm³/mol. The van der Waals surface area contributed by atoms with Gasteiger partial charge in [0, 0.05) is 6.20 Å². The minimum Gasteiger partial charge on any atom is -0.309 e. The summed E-state index contributed by atoms with van der Waals surface area (Å²) in [4.78, 5) is 19.1. The molecule has 0 unspecified atom stereocenters. The second-order valence-corrected chi connectivity index (χ2v) is 5.87. The van der Waals surface area contributed by atoms with Crippen molar-refractivity contribution < 1.29 is 0 Å². The summed E-state index contributed by atoms with van der Waals surface area (Å²) in [6.45, 7) is 0. The number of hydrogen-bond acceptors (Lipinski definition) is 2. The van der Waals surface area contributed by atoms with Crippen LogP contribution in [0, 0.1) is 3.57 Å². The van der Waals surface area contributed by atoms with Gasteiger partial charge in [0.05, 0.1) is 8.99 Å². The molecule has 1 heterocycles. The van der Waals surface area contributed by atoms with Gasteiger partial charge in [-0.3, -0.25) is 4.79 Å². The first kappa shape index (κ1) is 11.9. The quantitative estimate of drug-likeness (QED) is 0.845. The third-order valence-electron chi connectivity index (χ3n) is 3.74. The van der Waals surface area contributed by atoms with Crippen molar-refractivity contribution in [3.63, 3.8) is 0 Å². The van der Waals surface area contributed by atoms with Crippen molar-refractivity contribution in [3.05, 3.63) is 61.8 Å². The summed E-state index contributed by atoms with van der Waals surface area (Å²) < 4.78 is 0.638. The minimum absolute atomic E-state index is 0.0391. The number of nitrogens with zero attached hydrogens (tertiary/aromatic N) is 1. The molecule has 1 aromatic heterocycles. The standard InChI is InChI=1S/C14H13IN2O/c15-11-9-16-13(17-12(11)18)14(7-4-8-14)10-5-2-1-3-6-10/h1-3,5-6,9H,4,7-8H2,(H,16,17,18). The van der Waals surface area contributed by atoms with Gasteiger partial charge in [0.15, 0.2) is 0 Å². The summed E-state index contributed by atoms with van der Waals surface area (Å²) in [5, 5.41) is 0. The van der Waals surface area contributed by atoms with Crippen LogP contribution >= 0.6 is 22.6 Å². The van der Waals surface area contributed by atoms with E-state index in [0.29, 0.717) is 3.57 Å². The molecule has 18 heavy (non-hydrogen) atoms. The lowest BCUT2D eigenvalue weighted by molar-refractivity contribution is 0.284. The minimum atomic E-state index is -0.0786. The summed E-state index contributed by atoms with van der Waals surface area (Å²) in [5.41, 5.74) is 1.13. The highest BCUT2D eigenvalue weighted by Gasteiger charge is 2.42. The molecular weight excluding hydrogens is 339 g/mol. The van der Waals surface area contributed by atoms with Gasteiger partial charge < -0.3 is 4.98 Å². The Morgan fingerprint density at radius 1 is 1.22 bits per heavy atom. The van der Waals surface area contributed by atoms with Gasteiger partial charge in [-0.25, -0.2) is 4.98 Å². The first-order valence-electron chi connectivity index (χ1n) is 6.03. The molecule has 1 aromatic carbocycles. The Bertz CT molecular complexity index is 617. The van der Waals surface area contributed by atoms with Crippen LogP contribution in [0.5, 0.6) is 0 Å². The van der Waals surface area contributed by atoms with Crippen LogP contribution in [-0.2, 0) is 5.41 Å². The van der Waals surface area contributed by atoms with E-state index in [0.717, 1.165) is 18.7 Å². The Morgan fingerprint density at radius 2 is 1.94 bits per heavy atom. The average Bonchev–Trinajstić information content (AvgIpc) is 2.34. The van der Waals surface area contributed by atoms with E-state index >= 15 is 0 Å².